The van der Waals surface area contributed by atoms with Crippen LogP contribution in [0.5, 0.6) is 0 Å². The van der Waals surface area contributed by atoms with Crippen LogP contribution in [-0.2, 0) is 0 Å². The number of anilines is 1. The number of nitrogens with zero attached hydrogens (tertiary/aromatic N) is 8. The van der Waals surface area contributed by atoms with Crippen LogP contribution in [-0.4, -0.2) is 78.0 Å². The largest absolute Gasteiger partial charge is 0.366 e. The van der Waals surface area contributed by atoms with Crippen LogP contribution in [0.3, 0.4) is 0 Å². The Morgan fingerprint density at radius 2 is 1.88 bits per heavy atom. The van der Waals surface area contributed by atoms with Crippen molar-refractivity contribution < 1.29 is 0 Å². The van der Waals surface area contributed by atoms with Gasteiger partial charge in [0.15, 0.2) is 5.82 Å². The van der Waals surface area contributed by atoms with Crippen LogP contribution in [0.2, 0.25) is 0 Å². The van der Waals surface area contributed by atoms with Gasteiger partial charge < -0.3 is 14.8 Å². The molecule has 0 spiro atoms. The molecular formula is C23H24N10. The summed E-state index contributed by atoms with van der Waals surface area (Å²) in [7, 11) is 2.16. The monoisotopic (exact) mass is 440 g/mol. The lowest BCUT2D eigenvalue weighted by atomic mass is 10.1. The van der Waals surface area contributed by atoms with Crippen molar-refractivity contribution in [3.8, 4) is 22.8 Å². The third-order valence-corrected chi connectivity index (χ3v) is 6.71. The molecule has 0 atom stereocenters. The van der Waals surface area contributed by atoms with Gasteiger partial charge >= 0.3 is 0 Å². The third kappa shape index (κ3) is 3.17. The number of nitrogens with one attached hydrogen (secondary N) is 2. The molecule has 1 aliphatic carbocycles. The molecule has 10 heteroatoms. The molecule has 2 N–H and O–H groups in total. The minimum atomic E-state index is 0.547. The molecule has 1 aliphatic heterocycles. The molecule has 5 aromatic rings. The molecule has 2 aliphatic rings. The Morgan fingerprint density at radius 3 is 2.73 bits per heavy atom. The maximum Gasteiger partial charge on any atom is 0.159 e. The van der Waals surface area contributed by atoms with Crippen LogP contribution >= 0.6 is 0 Å². The first-order valence-corrected chi connectivity index (χ1v) is 11.4. The van der Waals surface area contributed by atoms with E-state index < -0.39 is 0 Å². The number of hydrogen-bond donors (Lipinski definition) is 2. The van der Waals surface area contributed by atoms with Crippen LogP contribution in [0.1, 0.15) is 18.9 Å². The number of H-pyrrole nitrogens is 2. The molecule has 1 saturated heterocycles. The van der Waals surface area contributed by atoms with E-state index in [2.05, 4.69) is 59.4 Å². The quantitative estimate of drug-likeness (QED) is 0.442. The fourth-order valence-electron chi connectivity index (χ4n) is 4.57. The average molecular weight is 441 g/mol. The molecule has 33 heavy (non-hydrogen) atoms. The Morgan fingerprint density at radius 1 is 1.00 bits per heavy atom. The zero-order valence-corrected chi connectivity index (χ0v) is 18.4. The summed E-state index contributed by atoms with van der Waals surface area (Å²) < 4.78 is 2.05. The summed E-state index contributed by atoms with van der Waals surface area (Å²) in [5.41, 5.74) is 6.47. The van der Waals surface area contributed by atoms with Crippen molar-refractivity contribution in [1.82, 2.24) is 44.8 Å². The second-order valence-electron chi connectivity index (χ2n) is 9.06. The van der Waals surface area contributed by atoms with E-state index in [4.69, 9.17) is 4.98 Å². The number of rotatable bonds is 4. The van der Waals surface area contributed by atoms with Crippen molar-refractivity contribution >= 4 is 27.6 Å². The molecule has 1 saturated carbocycles. The molecule has 5 aromatic heterocycles. The van der Waals surface area contributed by atoms with E-state index >= 15 is 0 Å². The number of likely N-dealkylation sites (N-methyl/N-ethyl adjacent to an activating group) is 1. The number of aromatic nitrogens is 8. The lowest BCUT2D eigenvalue weighted by Gasteiger charge is -2.33. The van der Waals surface area contributed by atoms with Gasteiger partial charge in [-0.25, -0.2) is 4.98 Å². The Bertz CT molecular complexity index is 1470. The standard InChI is InChI=1S/C23H24N10/c1-31-4-6-32(7-5-31)20-12-24-10-19-22(20)28-23(27-19)21-16-8-17(25-11-18(16)29-30-21)14-9-26-33(13-14)15-2-3-15/h8-13,15H,2-7H2,1H3,(H,27,28)(H,29,30). The highest BCUT2D eigenvalue weighted by Gasteiger charge is 2.25. The fourth-order valence-corrected chi connectivity index (χ4v) is 4.57. The van der Waals surface area contributed by atoms with Gasteiger partial charge in [-0.3, -0.25) is 19.7 Å². The summed E-state index contributed by atoms with van der Waals surface area (Å²) in [6.07, 6.45) is 12.0. The molecule has 6 heterocycles. The normalized spacial score (nSPS) is 17.4. The Balaban J connectivity index is 1.29. The number of imidazole rings is 1. The van der Waals surface area contributed by atoms with Gasteiger partial charge in [0.05, 0.1) is 53.2 Å². The highest BCUT2D eigenvalue weighted by Crippen LogP contribution is 2.36. The molecule has 166 valence electrons. The summed E-state index contributed by atoms with van der Waals surface area (Å²) in [5.74, 6) is 0.727. The van der Waals surface area contributed by atoms with E-state index in [1.54, 1.807) is 0 Å². The first-order valence-electron chi connectivity index (χ1n) is 11.4. The number of fused-ring (bicyclic) bond motifs is 2. The zero-order chi connectivity index (χ0) is 21.9. The zero-order valence-electron chi connectivity index (χ0n) is 18.4. The maximum atomic E-state index is 4.97. The van der Waals surface area contributed by atoms with Crippen LogP contribution in [0.25, 0.3) is 44.7 Å². The van der Waals surface area contributed by atoms with E-state index in [0.717, 1.165) is 76.6 Å². The second-order valence-corrected chi connectivity index (χ2v) is 9.06. The van der Waals surface area contributed by atoms with E-state index in [9.17, 15) is 0 Å². The van der Waals surface area contributed by atoms with E-state index in [0.29, 0.717) is 6.04 Å². The van der Waals surface area contributed by atoms with Gasteiger partial charge in [-0.1, -0.05) is 0 Å². The third-order valence-electron chi connectivity index (χ3n) is 6.71. The van der Waals surface area contributed by atoms with Crippen LogP contribution in [0.4, 0.5) is 5.69 Å². The Labute approximate surface area is 189 Å². The van der Waals surface area contributed by atoms with Crippen molar-refractivity contribution in [2.75, 3.05) is 38.1 Å². The van der Waals surface area contributed by atoms with Crippen molar-refractivity contribution in [1.29, 1.82) is 0 Å². The SMILES string of the molecule is CN1CCN(c2cncc3[nH]c(-c4n[nH]c5cnc(-c6cnn(C7CC7)c6)cc45)nc23)CC1. The molecule has 0 bridgehead atoms. The second kappa shape index (κ2) is 7.11. The van der Waals surface area contributed by atoms with Crippen molar-refractivity contribution in [3.63, 3.8) is 0 Å². The molecule has 0 radical (unpaired) electrons. The van der Waals surface area contributed by atoms with Gasteiger partial charge in [0.1, 0.15) is 11.2 Å². The van der Waals surface area contributed by atoms with Crippen LogP contribution < -0.4 is 4.90 Å². The number of hydrogen-bond acceptors (Lipinski definition) is 7. The van der Waals surface area contributed by atoms with Crippen LogP contribution in [0.15, 0.2) is 37.1 Å². The number of piperazine rings is 1. The lowest BCUT2D eigenvalue weighted by molar-refractivity contribution is 0.313. The summed E-state index contributed by atoms with van der Waals surface area (Å²) in [6, 6.07) is 2.61. The first kappa shape index (κ1) is 18.8. The molecular weight excluding hydrogens is 416 g/mol. The lowest BCUT2D eigenvalue weighted by Crippen LogP contribution is -2.44. The summed E-state index contributed by atoms with van der Waals surface area (Å²) in [6.45, 7) is 4.00. The molecule has 10 nitrogen and oxygen atoms in total. The Kier molecular flexibility index (Phi) is 4.04. The van der Waals surface area contributed by atoms with Crippen LogP contribution in [0, 0.1) is 0 Å². The van der Waals surface area contributed by atoms with Crippen molar-refractivity contribution in [2.24, 2.45) is 0 Å². The highest BCUT2D eigenvalue weighted by atomic mass is 15.3. The van der Waals surface area contributed by atoms with Gasteiger partial charge in [-0.15, -0.1) is 0 Å². The predicted molar refractivity (Wildman–Crippen MR) is 126 cm³/mol. The smallest absolute Gasteiger partial charge is 0.159 e. The minimum absolute atomic E-state index is 0.547. The van der Waals surface area contributed by atoms with Gasteiger partial charge in [0.2, 0.25) is 0 Å². The highest BCUT2D eigenvalue weighted by molar-refractivity contribution is 5.96. The fraction of sp³-hybridized carbons (Fsp3) is 0.348. The summed E-state index contributed by atoms with van der Waals surface area (Å²) in [5, 5.41) is 13.2. The molecule has 7 rings (SSSR count). The molecule has 0 aromatic carbocycles. The van der Waals surface area contributed by atoms with Crippen molar-refractivity contribution in [3.05, 3.63) is 37.1 Å². The first-order chi connectivity index (χ1) is 16.2. The molecule has 2 fully saturated rings. The average Bonchev–Trinajstić information content (AvgIpc) is 3.23. The van der Waals surface area contributed by atoms with Gasteiger partial charge in [0.25, 0.3) is 0 Å². The van der Waals surface area contributed by atoms with Gasteiger partial charge in [-0.05, 0) is 26.0 Å². The van der Waals surface area contributed by atoms with Gasteiger partial charge in [-0.2, -0.15) is 10.2 Å². The van der Waals surface area contributed by atoms with Gasteiger partial charge in [0, 0.05) is 43.3 Å². The molecule has 0 unspecified atom stereocenters. The number of aromatic amines is 2. The summed E-state index contributed by atoms with van der Waals surface area (Å²) in [4.78, 5) is 22.2. The molecule has 0 amide bonds. The van der Waals surface area contributed by atoms with E-state index in [1.165, 1.54) is 12.8 Å². The maximum absolute atomic E-state index is 4.97. The minimum Gasteiger partial charge on any atom is -0.366 e. The van der Waals surface area contributed by atoms with Crippen molar-refractivity contribution in [2.45, 2.75) is 18.9 Å². The summed E-state index contributed by atoms with van der Waals surface area (Å²) >= 11 is 0. The topological polar surface area (TPSA) is 107 Å². The van der Waals surface area contributed by atoms with E-state index in [-0.39, 0.29) is 0 Å². The Hall–Kier alpha value is -3.79. The van der Waals surface area contributed by atoms with E-state index in [1.807, 2.05) is 29.5 Å². The number of pyridine rings is 2. The predicted octanol–water partition coefficient (Wildman–Crippen LogP) is 2.85.